The summed E-state index contributed by atoms with van der Waals surface area (Å²) in [6, 6.07) is 0.489. The average Bonchev–Trinajstić information content (AvgIpc) is 2.30. The van der Waals surface area contributed by atoms with Crippen molar-refractivity contribution in [2.45, 2.75) is 45.1 Å². The Kier molecular flexibility index (Phi) is 6.42. The van der Waals surface area contributed by atoms with Gasteiger partial charge in [-0.05, 0) is 19.8 Å². The minimum absolute atomic E-state index is 0.0709. The number of likely N-dealkylation sites (N-methyl/N-ethyl adjacent to an activating group) is 1. The van der Waals surface area contributed by atoms with Gasteiger partial charge in [0.25, 0.3) is 0 Å². The van der Waals surface area contributed by atoms with Crippen molar-refractivity contribution >= 4 is 5.91 Å². The van der Waals surface area contributed by atoms with Crippen LogP contribution in [-0.4, -0.2) is 48.2 Å². The Morgan fingerprint density at radius 2 is 2.06 bits per heavy atom. The predicted molar refractivity (Wildman–Crippen MR) is 64.2 cm³/mol. The Labute approximate surface area is 98.0 Å². The van der Waals surface area contributed by atoms with Gasteiger partial charge < -0.3 is 10.4 Å². The van der Waals surface area contributed by atoms with E-state index >= 15 is 0 Å². The van der Waals surface area contributed by atoms with Gasteiger partial charge in [-0.15, -0.1) is 0 Å². The molecule has 94 valence electrons. The van der Waals surface area contributed by atoms with E-state index in [0.717, 1.165) is 0 Å². The highest BCUT2D eigenvalue weighted by atomic mass is 16.3. The summed E-state index contributed by atoms with van der Waals surface area (Å²) in [6.07, 6.45) is 6.15. The van der Waals surface area contributed by atoms with E-state index in [1.54, 1.807) is 0 Å². The van der Waals surface area contributed by atoms with Crippen LogP contribution in [0.15, 0.2) is 0 Å². The van der Waals surface area contributed by atoms with Crippen LogP contribution in [0.1, 0.15) is 39.0 Å². The molecule has 0 spiro atoms. The molecular formula is C12H24N2O2. The summed E-state index contributed by atoms with van der Waals surface area (Å²) in [6.45, 7) is 3.78. The Balaban J connectivity index is 2.41. The summed E-state index contributed by atoms with van der Waals surface area (Å²) < 4.78 is 0. The molecule has 0 heterocycles. The summed E-state index contributed by atoms with van der Waals surface area (Å²) in [7, 11) is 0. The summed E-state index contributed by atoms with van der Waals surface area (Å²) >= 11 is 0. The summed E-state index contributed by atoms with van der Waals surface area (Å²) in [5.74, 6) is 0.0709. The van der Waals surface area contributed by atoms with Gasteiger partial charge in [0.15, 0.2) is 0 Å². The molecule has 1 aliphatic carbocycles. The number of rotatable bonds is 6. The van der Waals surface area contributed by atoms with Gasteiger partial charge in [-0.2, -0.15) is 0 Å². The fourth-order valence-corrected chi connectivity index (χ4v) is 2.40. The van der Waals surface area contributed by atoms with Crippen LogP contribution < -0.4 is 5.32 Å². The first-order valence-electron chi connectivity index (χ1n) is 6.39. The van der Waals surface area contributed by atoms with Gasteiger partial charge >= 0.3 is 0 Å². The van der Waals surface area contributed by atoms with Gasteiger partial charge in [0.1, 0.15) is 0 Å². The molecular weight excluding hydrogens is 204 g/mol. The molecule has 0 aromatic rings. The molecule has 1 amide bonds. The lowest BCUT2D eigenvalue weighted by molar-refractivity contribution is -0.123. The quantitative estimate of drug-likeness (QED) is 0.705. The summed E-state index contributed by atoms with van der Waals surface area (Å²) in [4.78, 5) is 13.7. The first-order valence-corrected chi connectivity index (χ1v) is 6.39. The van der Waals surface area contributed by atoms with Crippen molar-refractivity contribution in [2.75, 3.05) is 26.2 Å². The van der Waals surface area contributed by atoms with E-state index in [1.807, 2.05) is 6.92 Å². The second-order valence-electron chi connectivity index (χ2n) is 4.44. The Morgan fingerprint density at radius 1 is 1.38 bits per heavy atom. The molecule has 2 N–H and O–H groups in total. The monoisotopic (exact) mass is 228 g/mol. The average molecular weight is 228 g/mol. The molecule has 1 aliphatic rings. The molecule has 1 rings (SSSR count). The second-order valence-corrected chi connectivity index (χ2v) is 4.44. The SMILES string of the molecule is CCNC(=O)CN(CCO)C1CCCCC1. The van der Waals surface area contributed by atoms with Crippen LogP contribution in [0.25, 0.3) is 0 Å². The van der Waals surface area contributed by atoms with Crippen LogP contribution in [0.2, 0.25) is 0 Å². The van der Waals surface area contributed by atoms with E-state index < -0.39 is 0 Å². The predicted octanol–water partition coefficient (Wildman–Crippen LogP) is 0.749. The van der Waals surface area contributed by atoms with Crippen LogP contribution >= 0.6 is 0 Å². The van der Waals surface area contributed by atoms with Gasteiger partial charge in [0, 0.05) is 19.1 Å². The second kappa shape index (κ2) is 7.63. The molecule has 4 nitrogen and oxygen atoms in total. The summed E-state index contributed by atoms with van der Waals surface area (Å²) in [5, 5.41) is 11.8. The maximum absolute atomic E-state index is 11.5. The van der Waals surface area contributed by atoms with Crippen LogP contribution in [0.5, 0.6) is 0 Å². The highest BCUT2D eigenvalue weighted by molar-refractivity contribution is 5.77. The van der Waals surface area contributed by atoms with E-state index in [-0.39, 0.29) is 12.5 Å². The molecule has 0 aromatic carbocycles. The molecule has 1 saturated carbocycles. The van der Waals surface area contributed by atoms with E-state index in [9.17, 15) is 4.79 Å². The molecule has 0 saturated heterocycles. The molecule has 4 heteroatoms. The molecule has 0 aromatic heterocycles. The summed E-state index contributed by atoms with van der Waals surface area (Å²) in [5.41, 5.74) is 0. The van der Waals surface area contributed by atoms with E-state index in [2.05, 4.69) is 10.2 Å². The third kappa shape index (κ3) is 4.49. The molecule has 0 unspecified atom stereocenters. The van der Waals surface area contributed by atoms with Crippen molar-refractivity contribution < 1.29 is 9.90 Å². The maximum atomic E-state index is 11.5. The van der Waals surface area contributed by atoms with Crippen LogP contribution in [0.4, 0.5) is 0 Å². The minimum atomic E-state index is 0.0709. The molecule has 0 aliphatic heterocycles. The Morgan fingerprint density at radius 3 is 2.62 bits per heavy atom. The number of nitrogens with one attached hydrogen (secondary N) is 1. The highest BCUT2D eigenvalue weighted by Crippen LogP contribution is 2.22. The molecule has 0 atom stereocenters. The van der Waals surface area contributed by atoms with Gasteiger partial charge in [0.05, 0.1) is 13.2 Å². The number of amides is 1. The Bertz CT molecular complexity index is 203. The number of hydrogen-bond donors (Lipinski definition) is 2. The smallest absolute Gasteiger partial charge is 0.234 e. The zero-order valence-electron chi connectivity index (χ0n) is 10.2. The number of nitrogens with zero attached hydrogens (tertiary/aromatic N) is 1. The molecule has 16 heavy (non-hydrogen) atoms. The Hall–Kier alpha value is -0.610. The number of carbonyl (C=O) groups is 1. The lowest BCUT2D eigenvalue weighted by Crippen LogP contribution is -2.45. The van der Waals surface area contributed by atoms with Crippen molar-refractivity contribution in [1.82, 2.24) is 10.2 Å². The van der Waals surface area contributed by atoms with Crippen molar-refractivity contribution in [3.8, 4) is 0 Å². The number of carbonyl (C=O) groups excluding carboxylic acids is 1. The number of aliphatic hydroxyl groups excluding tert-OH is 1. The third-order valence-electron chi connectivity index (χ3n) is 3.20. The first kappa shape index (κ1) is 13.5. The van der Waals surface area contributed by atoms with E-state index in [0.29, 0.717) is 25.7 Å². The van der Waals surface area contributed by atoms with Crippen LogP contribution in [0.3, 0.4) is 0 Å². The van der Waals surface area contributed by atoms with Crippen molar-refractivity contribution in [3.63, 3.8) is 0 Å². The van der Waals surface area contributed by atoms with Gasteiger partial charge in [-0.25, -0.2) is 0 Å². The van der Waals surface area contributed by atoms with Gasteiger partial charge in [-0.3, -0.25) is 9.69 Å². The molecule has 0 radical (unpaired) electrons. The van der Waals surface area contributed by atoms with E-state index in [4.69, 9.17) is 5.11 Å². The maximum Gasteiger partial charge on any atom is 0.234 e. The zero-order valence-corrected chi connectivity index (χ0v) is 10.2. The number of aliphatic hydroxyl groups is 1. The standard InChI is InChI=1S/C12H24N2O2/c1-2-13-12(16)10-14(8-9-15)11-6-4-3-5-7-11/h11,15H,2-10H2,1H3,(H,13,16). The van der Waals surface area contributed by atoms with Gasteiger partial charge in [0.2, 0.25) is 5.91 Å². The van der Waals surface area contributed by atoms with E-state index in [1.165, 1.54) is 32.1 Å². The first-order chi connectivity index (χ1) is 7.77. The fourth-order valence-electron chi connectivity index (χ4n) is 2.40. The number of hydrogen-bond acceptors (Lipinski definition) is 3. The minimum Gasteiger partial charge on any atom is -0.395 e. The van der Waals surface area contributed by atoms with Crippen LogP contribution in [-0.2, 0) is 4.79 Å². The highest BCUT2D eigenvalue weighted by Gasteiger charge is 2.22. The molecule has 0 bridgehead atoms. The third-order valence-corrected chi connectivity index (χ3v) is 3.20. The largest absolute Gasteiger partial charge is 0.395 e. The van der Waals surface area contributed by atoms with Crippen molar-refractivity contribution in [2.24, 2.45) is 0 Å². The molecule has 1 fully saturated rings. The van der Waals surface area contributed by atoms with Crippen LogP contribution in [0, 0.1) is 0 Å². The van der Waals surface area contributed by atoms with Gasteiger partial charge in [-0.1, -0.05) is 19.3 Å². The normalized spacial score (nSPS) is 17.7. The van der Waals surface area contributed by atoms with Crippen molar-refractivity contribution in [3.05, 3.63) is 0 Å². The zero-order chi connectivity index (χ0) is 11.8. The topological polar surface area (TPSA) is 52.6 Å². The lowest BCUT2D eigenvalue weighted by atomic mass is 9.94. The fraction of sp³-hybridized carbons (Fsp3) is 0.917. The lowest BCUT2D eigenvalue weighted by Gasteiger charge is -2.33. The van der Waals surface area contributed by atoms with Crippen molar-refractivity contribution in [1.29, 1.82) is 0 Å².